The fourth-order valence-corrected chi connectivity index (χ4v) is 2.45. The minimum absolute atomic E-state index is 0.181. The molecule has 1 aliphatic rings. The Morgan fingerprint density at radius 1 is 1.38 bits per heavy atom. The van der Waals surface area contributed by atoms with Gasteiger partial charge in [0, 0.05) is 13.2 Å². The van der Waals surface area contributed by atoms with Gasteiger partial charge in [0.1, 0.15) is 5.54 Å². The van der Waals surface area contributed by atoms with Crippen LogP contribution in [0.3, 0.4) is 0 Å². The maximum atomic E-state index is 11.9. The summed E-state index contributed by atoms with van der Waals surface area (Å²) in [5, 5.41) is 3.24. The van der Waals surface area contributed by atoms with Crippen LogP contribution in [0.1, 0.15) is 39.5 Å². The van der Waals surface area contributed by atoms with Gasteiger partial charge in [-0.3, -0.25) is 4.79 Å². The molecule has 0 spiro atoms. The van der Waals surface area contributed by atoms with Crippen LogP contribution in [0.2, 0.25) is 0 Å². The van der Waals surface area contributed by atoms with Crippen LogP contribution in [-0.2, 0) is 14.3 Å². The van der Waals surface area contributed by atoms with Gasteiger partial charge in [-0.05, 0) is 58.7 Å². The number of esters is 1. The first kappa shape index (κ1) is 18.4. The first-order valence-corrected chi connectivity index (χ1v) is 8.11. The Kier molecular flexibility index (Phi) is 8.22. The molecule has 0 amide bonds. The van der Waals surface area contributed by atoms with Gasteiger partial charge in [0.05, 0.1) is 13.7 Å². The van der Waals surface area contributed by atoms with Gasteiger partial charge in [-0.25, -0.2) is 0 Å². The van der Waals surface area contributed by atoms with E-state index in [0.29, 0.717) is 0 Å². The second kappa shape index (κ2) is 9.38. The molecule has 0 heterocycles. The first-order chi connectivity index (χ1) is 10.0. The average molecular weight is 300 g/mol. The lowest BCUT2D eigenvalue weighted by Crippen LogP contribution is -2.50. The Labute approximate surface area is 129 Å². The van der Waals surface area contributed by atoms with Crippen molar-refractivity contribution in [1.82, 2.24) is 10.2 Å². The van der Waals surface area contributed by atoms with Crippen LogP contribution in [0, 0.1) is 5.92 Å². The number of ether oxygens (including phenoxy) is 2. The number of carbonyl (C=O) groups excluding carboxylic acids is 1. The number of hydrogen-bond donors (Lipinski definition) is 1. The molecule has 21 heavy (non-hydrogen) atoms. The second-order valence-electron chi connectivity index (χ2n) is 6.28. The Morgan fingerprint density at radius 3 is 2.67 bits per heavy atom. The molecule has 1 atom stereocenters. The minimum Gasteiger partial charge on any atom is -0.468 e. The largest absolute Gasteiger partial charge is 0.468 e. The molecule has 0 aromatic rings. The van der Waals surface area contributed by atoms with E-state index >= 15 is 0 Å². The van der Waals surface area contributed by atoms with Gasteiger partial charge in [0.25, 0.3) is 0 Å². The number of likely N-dealkylation sites (N-methyl/N-ethyl adjacent to an activating group) is 2. The number of carbonyl (C=O) groups is 1. The molecular weight excluding hydrogens is 268 g/mol. The highest BCUT2D eigenvalue weighted by molar-refractivity contribution is 5.80. The third-order valence-corrected chi connectivity index (χ3v) is 4.09. The molecule has 1 N–H and O–H groups in total. The highest BCUT2D eigenvalue weighted by Gasteiger charge is 2.32. The van der Waals surface area contributed by atoms with E-state index in [9.17, 15) is 4.79 Å². The highest BCUT2D eigenvalue weighted by atomic mass is 16.5. The van der Waals surface area contributed by atoms with E-state index in [0.717, 1.165) is 51.6 Å². The zero-order chi connectivity index (χ0) is 15.7. The minimum atomic E-state index is -0.577. The predicted octanol–water partition coefficient (Wildman–Crippen LogP) is 1.67. The van der Waals surface area contributed by atoms with Crippen LogP contribution in [0.15, 0.2) is 0 Å². The van der Waals surface area contributed by atoms with Crippen molar-refractivity contribution in [2.24, 2.45) is 5.92 Å². The number of nitrogens with one attached hydrogen (secondary N) is 1. The third-order valence-electron chi connectivity index (χ3n) is 4.09. The summed E-state index contributed by atoms with van der Waals surface area (Å²) in [6.07, 6.45) is 4.41. The van der Waals surface area contributed by atoms with E-state index in [2.05, 4.69) is 17.3 Å². The van der Waals surface area contributed by atoms with Crippen molar-refractivity contribution in [2.45, 2.75) is 45.1 Å². The molecule has 1 unspecified atom stereocenters. The molecule has 0 aromatic carbocycles. The molecule has 0 aliphatic heterocycles. The summed E-state index contributed by atoms with van der Waals surface area (Å²) in [4.78, 5) is 14.1. The van der Waals surface area contributed by atoms with Crippen molar-refractivity contribution in [1.29, 1.82) is 0 Å². The molecule has 124 valence electrons. The fraction of sp³-hybridized carbons (Fsp3) is 0.938. The Bertz CT molecular complexity index is 308. The molecule has 5 heteroatoms. The molecule has 5 nitrogen and oxygen atoms in total. The molecule has 0 aromatic heterocycles. The molecule has 1 saturated carbocycles. The van der Waals surface area contributed by atoms with Crippen LogP contribution >= 0.6 is 0 Å². The van der Waals surface area contributed by atoms with E-state index in [-0.39, 0.29) is 5.97 Å². The van der Waals surface area contributed by atoms with Crippen molar-refractivity contribution in [2.75, 3.05) is 47.0 Å². The van der Waals surface area contributed by atoms with Gasteiger partial charge in [0.15, 0.2) is 0 Å². The van der Waals surface area contributed by atoms with Crippen LogP contribution in [0.4, 0.5) is 0 Å². The molecule has 1 fully saturated rings. The monoisotopic (exact) mass is 300 g/mol. The maximum Gasteiger partial charge on any atom is 0.325 e. The maximum absolute atomic E-state index is 11.9. The van der Waals surface area contributed by atoms with E-state index in [4.69, 9.17) is 9.47 Å². The lowest BCUT2D eigenvalue weighted by molar-refractivity contribution is -0.148. The lowest BCUT2D eigenvalue weighted by Gasteiger charge is -2.28. The summed E-state index contributed by atoms with van der Waals surface area (Å²) in [6, 6.07) is 0. The van der Waals surface area contributed by atoms with Crippen molar-refractivity contribution < 1.29 is 14.3 Å². The zero-order valence-electron chi connectivity index (χ0n) is 14.1. The summed E-state index contributed by atoms with van der Waals surface area (Å²) in [7, 11) is 3.55. The SMILES string of the molecule is CCNC(C)(CCCN(C)CCOCC1CC1)C(=O)OC. The van der Waals surface area contributed by atoms with Gasteiger partial charge in [0.2, 0.25) is 0 Å². The number of hydrogen-bond acceptors (Lipinski definition) is 5. The predicted molar refractivity (Wildman–Crippen MR) is 84.4 cm³/mol. The Balaban J connectivity index is 2.14. The molecule has 0 radical (unpaired) electrons. The molecular formula is C16H32N2O3. The summed E-state index contributed by atoms with van der Waals surface area (Å²) < 4.78 is 10.5. The second-order valence-corrected chi connectivity index (χ2v) is 6.28. The van der Waals surface area contributed by atoms with Gasteiger partial charge in [-0.1, -0.05) is 6.92 Å². The van der Waals surface area contributed by atoms with E-state index in [1.165, 1.54) is 20.0 Å². The highest BCUT2D eigenvalue weighted by Crippen LogP contribution is 2.28. The lowest BCUT2D eigenvalue weighted by atomic mass is 9.95. The number of nitrogens with zero attached hydrogens (tertiary/aromatic N) is 1. The van der Waals surface area contributed by atoms with Gasteiger partial charge in [-0.15, -0.1) is 0 Å². The van der Waals surface area contributed by atoms with E-state index in [1.807, 2.05) is 13.8 Å². The quantitative estimate of drug-likeness (QED) is 0.439. The zero-order valence-corrected chi connectivity index (χ0v) is 14.1. The fourth-order valence-electron chi connectivity index (χ4n) is 2.45. The number of rotatable bonds is 12. The average Bonchev–Trinajstić information content (AvgIpc) is 3.27. The van der Waals surface area contributed by atoms with Crippen LogP contribution < -0.4 is 5.32 Å². The third kappa shape index (κ3) is 7.25. The van der Waals surface area contributed by atoms with Crippen LogP contribution in [0.5, 0.6) is 0 Å². The summed E-state index contributed by atoms with van der Waals surface area (Å²) >= 11 is 0. The standard InChI is InChI=1S/C16H32N2O3/c1-5-17-16(2,15(19)20-4)9-6-10-18(3)11-12-21-13-14-7-8-14/h14,17H,5-13H2,1-4H3. The van der Waals surface area contributed by atoms with Crippen molar-refractivity contribution in [3.8, 4) is 0 Å². The normalized spacial score (nSPS) is 17.8. The summed E-state index contributed by atoms with van der Waals surface area (Å²) in [6.45, 7) is 8.32. The molecule has 0 saturated heterocycles. The Morgan fingerprint density at radius 2 is 2.10 bits per heavy atom. The van der Waals surface area contributed by atoms with Crippen LogP contribution in [-0.4, -0.2) is 63.4 Å². The van der Waals surface area contributed by atoms with Crippen molar-refractivity contribution in [3.05, 3.63) is 0 Å². The van der Waals surface area contributed by atoms with Crippen LogP contribution in [0.25, 0.3) is 0 Å². The van der Waals surface area contributed by atoms with E-state index in [1.54, 1.807) is 0 Å². The smallest absolute Gasteiger partial charge is 0.325 e. The van der Waals surface area contributed by atoms with E-state index < -0.39 is 5.54 Å². The number of methoxy groups -OCH3 is 1. The van der Waals surface area contributed by atoms with Crippen molar-refractivity contribution in [3.63, 3.8) is 0 Å². The van der Waals surface area contributed by atoms with Gasteiger partial charge >= 0.3 is 5.97 Å². The molecule has 1 aliphatic carbocycles. The molecule has 0 bridgehead atoms. The van der Waals surface area contributed by atoms with Gasteiger partial charge < -0.3 is 19.7 Å². The first-order valence-electron chi connectivity index (χ1n) is 8.11. The summed E-state index contributed by atoms with van der Waals surface area (Å²) in [5.74, 6) is 0.649. The topological polar surface area (TPSA) is 50.8 Å². The Hall–Kier alpha value is -0.650. The summed E-state index contributed by atoms with van der Waals surface area (Å²) in [5.41, 5.74) is -0.577. The van der Waals surface area contributed by atoms with Gasteiger partial charge in [-0.2, -0.15) is 0 Å². The van der Waals surface area contributed by atoms with Crippen molar-refractivity contribution >= 4 is 5.97 Å². The molecule has 1 rings (SSSR count).